The van der Waals surface area contributed by atoms with Crippen molar-refractivity contribution in [1.29, 1.82) is 0 Å². The average molecular weight is 222 g/mol. The molecule has 0 fully saturated rings. The Morgan fingerprint density at radius 3 is 2.47 bits per heavy atom. The maximum Gasteiger partial charge on any atom is 0.450 e. The van der Waals surface area contributed by atoms with E-state index in [0.29, 0.717) is 6.07 Å². The molecule has 82 valence electrons. The fourth-order valence-electron chi connectivity index (χ4n) is 0.969. The highest BCUT2D eigenvalue weighted by atomic mass is 19.4. The van der Waals surface area contributed by atoms with Crippen LogP contribution in [0, 0.1) is 5.82 Å². The van der Waals surface area contributed by atoms with Crippen LogP contribution in [0.15, 0.2) is 18.2 Å². The van der Waals surface area contributed by atoms with Gasteiger partial charge in [-0.2, -0.15) is 13.2 Å². The van der Waals surface area contributed by atoms with E-state index >= 15 is 0 Å². The van der Waals surface area contributed by atoms with Crippen LogP contribution in [0.2, 0.25) is 0 Å². The number of rotatable bonds is 2. The van der Waals surface area contributed by atoms with E-state index < -0.39 is 29.9 Å². The molecule has 0 amide bonds. The molecule has 15 heavy (non-hydrogen) atoms. The lowest BCUT2D eigenvalue weighted by atomic mass is 10.1. The molecule has 0 saturated carbocycles. The molecule has 0 aliphatic carbocycles. The predicted molar refractivity (Wildman–Crippen MR) is 42.8 cm³/mol. The molecule has 1 rings (SSSR count). The zero-order valence-electron chi connectivity index (χ0n) is 7.31. The molecule has 1 N–H and O–H groups in total. The highest BCUT2D eigenvalue weighted by Crippen LogP contribution is 2.23. The minimum absolute atomic E-state index is 0.377. The van der Waals surface area contributed by atoms with Gasteiger partial charge in [-0.3, -0.25) is 4.79 Å². The van der Waals surface area contributed by atoms with Crippen molar-refractivity contribution < 1.29 is 27.5 Å². The molecule has 0 saturated heterocycles. The zero-order valence-corrected chi connectivity index (χ0v) is 7.31. The highest BCUT2D eigenvalue weighted by molar-refractivity contribution is 5.86. The second kappa shape index (κ2) is 3.88. The summed E-state index contributed by atoms with van der Waals surface area (Å²) >= 11 is 0. The number of hydrogen-bond donors (Lipinski definition) is 1. The molecule has 0 spiro atoms. The summed E-state index contributed by atoms with van der Waals surface area (Å²) in [5.41, 5.74) is -0.377. The average Bonchev–Trinajstić information content (AvgIpc) is 2.09. The van der Waals surface area contributed by atoms with E-state index in [2.05, 4.69) is 0 Å². The fourth-order valence-corrected chi connectivity index (χ4v) is 0.969. The number of ketones is 1. The van der Waals surface area contributed by atoms with Gasteiger partial charge in [0.25, 0.3) is 0 Å². The summed E-state index contributed by atoms with van der Waals surface area (Å²) in [6, 6.07) is 2.48. The first-order valence-corrected chi connectivity index (χ1v) is 3.88. The third-order valence-corrected chi connectivity index (χ3v) is 1.71. The molecule has 0 bridgehead atoms. The monoisotopic (exact) mass is 222 g/mol. The second-order valence-electron chi connectivity index (χ2n) is 2.87. The Hall–Kier alpha value is -1.59. The van der Waals surface area contributed by atoms with Crippen molar-refractivity contribution in [1.82, 2.24) is 0 Å². The third kappa shape index (κ3) is 2.93. The van der Waals surface area contributed by atoms with Crippen LogP contribution in [0.1, 0.15) is 5.56 Å². The van der Waals surface area contributed by atoms with Crippen LogP contribution < -0.4 is 0 Å². The number of halogens is 4. The Balaban J connectivity index is 2.90. The Morgan fingerprint density at radius 2 is 1.93 bits per heavy atom. The van der Waals surface area contributed by atoms with Crippen LogP contribution in [0.4, 0.5) is 17.6 Å². The standard InChI is InChI=1S/C9H6F4O2/c10-6-1-2-7(14)5(3-6)4-8(15)9(11,12)13/h1-3,14H,4H2. The number of Topliss-reactive ketones (excluding diaryl/α,β-unsaturated/α-hetero) is 1. The molecule has 6 heteroatoms. The highest BCUT2D eigenvalue weighted by Gasteiger charge is 2.38. The summed E-state index contributed by atoms with van der Waals surface area (Å²) in [6.45, 7) is 0. The van der Waals surface area contributed by atoms with Crippen molar-refractivity contribution in [2.45, 2.75) is 12.6 Å². The van der Waals surface area contributed by atoms with Crippen molar-refractivity contribution in [3.8, 4) is 5.75 Å². The van der Waals surface area contributed by atoms with Crippen LogP contribution in [0.5, 0.6) is 5.75 Å². The van der Waals surface area contributed by atoms with Crippen molar-refractivity contribution in [3.63, 3.8) is 0 Å². The van der Waals surface area contributed by atoms with Gasteiger partial charge in [0.05, 0.1) is 0 Å². The lowest BCUT2D eigenvalue weighted by Gasteiger charge is -2.06. The molecular formula is C9H6F4O2. The summed E-state index contributed by atoms with van der Waals surface area (Å²) in [5, 5.41) is 9.06. The fraction of sp³-hybridized carbons (Fsp3) is 0.222. The maximum atomic E-state index is 12.6. The van der Waals surface area contributed by atoms with Crippen LogP contribution >= 0.6 is 0 Å². The topological polar surface area (TPSA) is 37.3 Å². The van der Waals surface area contributed by atoms with E-state index in [1.807, 2.05) is 0 Å². The molecule has 0 heterocycles. The number of phenolic OH excluding ortho intramolecular Hbond substituents is 1. The van der Waals surface area contributed by atoms with E-state index in [-0.39, 0.29) is 5.56 Å². The van der Waals surface area contributed by atoms with Gasteiger partial charge in [-0.15, -0.1) is 0 Å². The van der Waals surface area contributed by atoms with Gasteiger partial charge in [0.1, 0.15) is 11.6 Å². The third-order valence-electron chi connectivity index (χ3n) is 1.71. The smallest absolute Gasteiger partial charge is 0.450 e. The van der Waals surface area contributed by atoms with Crippen LogP contribution in [-0.2, 0) is 11.2 Å². The summed E-state index contributed by atoms with van der Waals surface area (Å²) in [4.78, 5) is 10.5. The first-order valence-electron chi connectivity index (χ1n) is 3.88. The van der Waals surface area contributed by atoms with Gasteiger partial charge in [0, 0.05) is 12.0 Å². The van der Waals surface area contributed by atoms with Gasteiger partial charge in [-0.1, -0.05) is 0 Å². The Bertz CT molecular complexity index is 384. The SMILES string of the molecule is O=C(Cc1cc(F)ccc1O)C(F)(F)F. The number of hydrogen-bond acceptors (Lipinski definition) is 2. The van der Waals surface area contributed by atoms with Crippen molar-refractivity contribution >= 4 is 5.78 Å². The number of alkyl halides is 3. The largest absolute Gasteiger partial charge is 0.508 e. The Kier molecular flexibility index (Phi) is 2.97. The first-order chi connectivity index (χ1) is 6.80. The predicted octanol–water partition coefficient (Wildman–Crippen LogP) is 2.21. The minimum Gasteiger partial charge on any atom is -0.508 e. The van der Waals surface area contributed by atoms with Gasteiger partial charge < -0.3 is 5.11 Å². The molecular weight excluding hydrogens is 216 g/mol. The van der Waals surface area contributed by atoms with Gasteiger partial charge in [-0.25, -0.2) is 4.39 Å². The van der Waals surface area contributed by atoms with E-state index in [0.717, 1.165) is 12.1 Å². The van der Waals surface area contributed by atoms with Crippen LogP contribution in [-0.4, -0.2) is 17.1 Å². The van der Waals surface area contributed by atoms with Gasteiger partial charge in [-0.05, 0) is 18.2 Å². The number of phenols is 1. The molecule has 0 atom stereocenters. The quantitative estimate of drug-likeness (QED) is 0.779. The molecule has 0 aliphatic rings. The Morgan fingerprint density at radius 1 is 1.33 bits per heavy atom. The van der Waals surface area contributed by atoms with Crippen LogP contribution in [0.25, 0.3) is 0 Å². The second-order valence-corrected chi connectivity index (χ2v) is 2.87. The Labute approximate surface area is 82.1 Å². The van der Waals surface area contributed by atoms with E-state index in [1.165, 1.54) is 0 Å². The van der Waals surface area contributed by atoms with Gasteiger partial charge in [0.2, 0.25) is 5.78 Å². The van der Waals surface area contributed by atoms with E-state index in [1.54, 1.807) is 0 Å². The molecule has 2 nitrogen and oxygen atoms in total. The normalized spacial score (nSPS) is 11.5. The maximum absolute atomic E-state index is 12.6. The van der Waals surface area contributed by atoms with E-state index in [4.69, 9.17) is 5.11 Å². The summed E-state index contributed by atoms with van der Waals surface area (Å²) in [6.07, 6.45) is -6.04. The summed E-state index contributed by atoms with van der Waals surface area (Å²) < 4.78 is 48.1. The van der Waals surface area contributed by atoms with E-state index in [9.17, 15) is 22.4 Å². The first kappa shape index (κ1) is 11.5. The lowest BCUT2D eigenvalue weighted by molar-refractivity contribution is -0.170. The number of carbonyl (C=O) groups is 1. The lowest BCUT2D eigenvalue weighted by Crippen LogP contribution is -2.24. The molecule has 0 aliphatic heterocycles. The molecule has 0 unspecified atom stereocenters. The molecule has 1 aromatic rings. The van der Waals surface area contributed by atoms with Crippen molar-refractivity contribution in [3.05, 3.63) is 29.6 Å². The molecule has 0 radical (unpaired) electrons. The number of benzene rings is 1. The molecule has 1 aromatic carbocycles. The number of carbonyl (C=O) groups excluding carboxylic acids is 1. The summed E-state index contributed by atoms with van der Waals surface area (Å²) in [5.74, 6) is -3.37. The van der Waals surface area contributed by atoms with Crippen molar-refractivity contribution in [2.24, 2.45) is 0 Å². The minimum atomic E-state index is -4.97. The molecule has 0 aromatic heterocycles. The number of aromatic hydroxyl groups is 1. The van der Waals surface area contributed by atoms with Gasteiger partial charge in [0.15, 0.2) is 0 Å². The van der Waals surface area contributed by atoms with Crippen LogP contribution in [0.3, 0.4) is 0 Å². The van der Waals surface area contributed by atoms with Gasteiger partial charge >= 0.3 is 6.18 Å². The summed E-state index contributed by atoms with van der Waals surface area (Å²) in [7, 11) is 0. The van der Waals surface area contributed by atoms with Crippen molar-refractivity contribution in [2.75, 3.05) is 0 Å². The zero-order chi connectivity index (χ0) is 11.6.